The smallest absolute Gasteiger partial charge is 0.407 e. The van der Waals surface area contributed by atoms with Crippen LogP contribution in [-0.2, 0) is 14.3 Å². The Morgan fingerprint density at radius 1 is 1.00 bits per heavy atom. The zero-order valence-electron chi connectivity index (χ0n) is 20.3. The summed E-state index contributed by atoms with van der Waals surface area (Å²) in [4.78, 5) is 36.7. The molecule has 3 rings (SSSR count). The third-order valence-electron chi connectivity index (χ3n) is 6.29. The van der Waals surface area contributed by atoms with Crippen LogP contribution in [-0.4, -0.2) is 42.3 Å². The molecule has 0 heterocycles. The van der Waals surface area contributed by atoms with Gasteiger partial charge in [-0.1, -0.05) is 62.4 Å². The van der Waals surface area contributed by atoms with E-state index in [9.17, 15) is 19.5 Å². The van der Waals surface area contributed by atoms with Crippen LogP contribution < -0.4 is 10.6 Å². The first-order valence-electron chi connectivity index (χ1n) is 11.7. The van der Waals surface area contributed by atoms with Crippen LogP contribution in [0.3, 0.4) is 0 Å². The molecule has 0 fully saturated rings. The normalized spacial score (nSPS) is 13.7. The fourth-order valence-corrected chi connectivity index (χ4v) is 4.21. The van der Waals surface area contributed by atoms with Gasteiger partial charge in [-0.2, -0.15) is 0 Å². The molecule has 0 saturated heterocycles. The number of aliphatic carboxylic acids is 1. The number of carboxylic acids is 1. The topological polar surface area (TPSA) is 105 Å². The van der Waals surface area contributed by atoms with E-state index in [1.165, 1.54) is 0 Å². The van der Waals surface area contributed by atoms with Crippen molar-refractivity contribution in [2.45, 2.75) is 52.5 Å². The van der Waals surface area contributed by atoms with Crippen LogP contribution in [0, 0.1) is 11.3 Å². The van der Waals surface area contributed by atoms with Gasteiger partial charge in [0.15, 0.2) is 0 Å². The molecule has 1 aliphatic rings. The molecule has 7 heteroatoms. The van der Waals surface area contributed by atoms with Gasteiger partial charge in [0.25, 0.3) is 0 Å². The lowest BCUT2D eigenvalue weighted by molar-refractivity contribution is -0.147. The van der Waals surface area contributed by atoms with Crippen molar-refractivity contribution < 1.29 is 24.2 Å². The first kappa shape index (κ1) is 25.3. The van der Waals surface area contributed by atoms with E-state index in [4.69, 9.17) is 4.74 Å². The van der Waals surface area contributed by atoms with Gasteiger partial charge in [0, 0.05) is 12.5 Å². The summed E-state index contributed by atoms with van der Waals surface area (Å²) in [6.45, 7) is 7.53. The first-order valence-corrected chi connectivity index (χ1v) is 11.7. The number of fused-ring (bicyclic) bond motifs is 3. The summed E-state index contributed by atoms with van der Waals surface area (Å²) < 4.78 is 5.58. The SMILES string of the molecule is CC(C)CC(NC(=O)OCC1c2ccccc2-c2ccccc21)C(=O)NCCC(C)(C)C(=O)O. The van der Waals surface area contributed by atoms with Crippen LogP contribution in [0.5, 0.6) is 0 Å². The summed E-state index contributed by atoms with van der Waals surface area (Å²) in [6, 6.07) is 15.4. The Labute approximate surface area is 200 Å². The molecule has 1 aliphatic carbocycles. The van der Waals surface area contributed by atoms with Crippen LogP contribution in [0.25, 0.3) is 11.1 Å². The average molecular weight is 467 g/mol. The highest BCUT2D eigenvalue weighted by Gasteiger charge is 2.30. The number of benzene rings is 2. The fourth-order valence-electron chi connectivity index (χ4n) is 4.21. The third-order valence-corrected chi connectivity index (χ3v) is 6.29. The molecule has 0 aliphatic heterocycles. The molecule has 2 amide bonds. The zero-order valence-corrected chi connectivity index (χ0v) is 20.3. The van der Waals surface area contributed by atoms with Crippen LogP contribution in [0.15, 0.2) is 48.5 Å². The van der Waals surface area contributed by atoms with Gasteiger partial charge < -0.3 is 20.5 Å². The minimum absolute atomic E-state index is 0.0613. The van der Waals surface area contributed by atoms with Crippen molar-refractivity contribution in [1.82, 2.24) is 10.6 Å². The summed E-state index contributed by atoms with van der Waals surface area (Å²) in [5, 5.41) is 14.7. The molecule has 0 spiro atoms. The molecule has 3 N–H and O–H groups in total. The molecule has 1 atom stereocenters. The number of rotatable bonds is 10. The van der Waals surface area contributed by atoms with Gasteiger partial charge in [-0.15, -0.1) is 0 Å². The summed E-state index contributed by atoms with van der Waals surface area (Å²) in [5.74, 6) is -1.16. The number of ether oxygens (including phenoxy) is 1. The molecule has 0 bridgehead atoms. The van der Waals surface area contributed by atoms with Crippen molar-refractivity contribution in [2.75, 3.05) is 13.2 Å². The number of hydrogen-bond acceptors (Lipinski definition) is 4. The second kappa shape index (κ2) is 10.7. The predicted octanol–water partition coefficient (Wildman–Crippen LogP) is 4.56. The maximum absolute atomic E-state index is 12.7. The third kappa shape index (κ3) is 5.95. The molecule has 34 heavy (non-hydrogen) atoms. The van der Waals surface area contributed by atoms with Gasteiger partial charge in [-0.3, -0.25) is 9.59 Å². The maximum atomic E-state index is 12.7. The Kier molecular flexibility index (Phi) is 7.97. The quantitative estimate of drug-likeness (QED) is 0.476. The maximum Gasteiger partial charge on any atom is 0.407 e. The predicted molar refractivity (Wildman–Crippen MR) is 130 cm³/mol. The van der Waals surface area contributed by atoms with E-state index in [-0.39, 0.29) is 37.3 Å². The molecular weight excluding hydrogens is 432 g/mol. The largest absolute Gasteiger partial charge is 0.481 e. The number of hydrogen-bond donors (Lipinski definition) is 3. The van der Waals surface area contributed by atoms with E-state index in [0.29, 0.717) is 6.42 Å². The molecule has 2 aromatic carbocycles. The molecular formula is C27H34N2O5. The monoisotopic (exact) mass is 466 g/mol. The standard InChI is InChI=1S/C27H34N2O5/c1-17(2)15-23(24(30)28-14-13-27(3,4)25(31)32)29-26(33)34-16-22-20-11-7-5-9-18(20)19-10-6-8-12-21(19)22/h5-12,17,22-23H,13-16H2,1-4H3,(H,28,30)(H,29,33)(H,31,32). The van der Waals surface area contributed by atoms with Crippen LogP contribution >= 0.6 is 0 Å². The second-order valence-electron chi connectivity index (χ2n) is 9.88. The van der Waals surface area contributed by atoms with Crippen molar-refractivity contribution in [3.8, 4) is 11.1 Å². The van der Waals surface area contributed by atoms with E-state index in [1.807, 2.05) is 38.1 Å². The van der Waals surface area contributed by atoms with Crippen LogP contribution in [0.2, 0.25) is 0 Å². The molecule has 1 unspecified atom stereocenters. The Morgan fingerprint density at radius 3 is 2.09 bits per heavy atom. The van der Waals surface area contributed by atoms with Crippen molar-refractivity contribution >= 4 is 18.0 Å². The van der Waals surface area contributed by atoms with Crippen molar-refractivity contribution in [3.05, 3.63) is 59.7 Å². The van der Waals surface area contributed by atoms with Crippen LogP contribution in [0.1, 0.15) is 57.6 Å². The minimum atomic E-state index is -0.943. The summed E-state index contributed by atoms with van der Waals surface area (Å²) in [6.07, 6.45) is 0.0831. The summed E-state index contributed by atoms with van der Waals surface area (Å²) in [7, 11) is 0. The van der Waals surface area contributed by atoms with Gasteiger partial charge >= 0.3 is 12.1 Å². The Bertz CT molecular complexity index is 1000. The Balaban J connectivity index is 1.60. The second-order valence-corrected chi connectivity index (χ2v) is 9.88. The molecule has 0 radical (unpaired) electrons. The number of alkyl carbamates (subject to hydrolysis) is 1. The molecule has 182 valence electrons. The van der Waals surface area contributed by atoms with Gasteiger partial charge in [0.2, 0.25) is 5.91 Å². The average Bonchev–Trinajstić information content (AvgIpc) is 3.10. The lowest BCUT2D eigenvalue weighted by atomic mass is 9.89. The molecule has 2 aromatic rings. The van der Waals surface area contributed by atoms with E-state index in [2.05, 4.69) is 34.9 Å². The highest BCUT2D eigenvalue weighted by molar-refractivity contribution is 5.86. The highest BCUT2D eigenvalue weighted by atomic mass is 16.5. The first-order chi connectivity index (χ1) is 16.1. The van der Waals surface area contributed by atoms with Crippen molar-refractivity contribution in [3.63, 3.8) is 0 Å². The number of carbonyl (C=O) groups excluding carboxylic acids is 2. The number of nitrogens with one attached hydrogen (secondary N) is 2. The van der Waals surface area contributed by atoms with Gasteiger partial charge in [-0.05, 0) is 54.9 Å². The summed E-state index contributed by atoms with van der Waals surface area (Å²) in [5.41, 5.74) is 3.59. The van der Waals surface area contributed by atoms with E-state index in [1.54, 1.807) is 13.8 Å². The number of carbonyl (C=O) groups is 3. The summed E-state index contributed by atoms with van der Waals surface area (Å²) >= 11 is 0. The van der Waals surface area contributed by atoms with Crippen molar-refractivity contribution in [2.24, 2.45) is 11.3 Å². The van der Waals surface area contributed by atoms with Gasteiger partial charge in [0.05, 0.1) is 5.41 Å². The van der Waals surface area contributed by atoms with Gasteiger partial charge in [0.1, 0.15) is 12.6 Å². The number of amides is 2. The molecule has 7 nitrogen and oxygen atoms in total. The zero-order chi connectivity index (χ0) is 24.9. The Morgan fingerprint density at radius 2 is 1.56 bits per heavy atom. The van der Waals surface area contributed by atoms with E-state index in [0.717, 1.165) is 22.3 Å². The number of carboxylic acid groups (broad SMARTS) is 1. The molecule has 0 saturated carbocycles. The van der Waals surface area contributed by atoms with Crippen LogP contribution in [0.4, 0.5) is 4.79 Å². The van der Waals surface area contributed by atoms with Crippen molar-refractivity contribution in [1.29, 1.82) is 0 Å². The highest BCUT2D eigenvalue weighted by Crippen LogP contribution is 2.44. The van der Waals surface area contributed by atoms with E-state index < -0.39 is 23.5 Å². The van der Waals surface area contributed by atoms with Gasteiger partial charge in [-0.25, -0.2) is 4.79 Å². The lowest BCUT2D eigenvalue weighted by Crippen LogP contribution is -2.48. The van der Waals surface area contributed by atoms with E-state index >= 15 is 0 Å². The lowest BCUT2D eigenvalue weighted by Gasteiger charge is -2.23. The minimum Gasteiger partial charge on any atom is -0.481 e. The molecule has 0 aromatic heterocycles. The fraction of sp³-hybridized carbons (Fsp3) is 0.444. The Hall–Kier alpha value is -3.35.